The number of carboxylic acid groups (broad SMARTS) is 1. The molecule has 0 radical (unpaired) electrons. The van der Waals surface area contributed by atoms with Crippen molar-refractivity contribution in [3.05, 3.63) is 35.1 Å². The van der Waals surface area contributed by atoms with Crippen LogP contribution in [0.4, 0.5) is 4.39 Å². The van der Waals surface area contributed by atoms with Gasteiger partial charge in [-0.1, -0.05) is 6.92 Å². The van der Waals surface area contributed by atoms with Crippen molar-refractivity contribution in [3.63, 3.8) is 0 Å². The molecule has 0 bridgehead atoms. The fourth-order valence-corrected chi connectivity index (χ4v) is 2.72. The van der Waals surface area contributed by atoms with Crippen LogP contribution in [0.1, 0.15) is 35.7 Å². The smallest absolute Gasteiger partial charge is 0.335 e. The molecule has 2 N–H and O–H groups in total. The van der Waals surface area contributed by atoms with Gasteiger partial charge in [0, 0.05) is 18.2 Å². The van der Waals surface area contributed by atoms with Crippen molar-refractivity contribution in [3.8, 4) is 0 Å². The van der Waals surface area contributed by atoms with E-state index in [0.717, 1.165) is 32.5 Å². The molecule has 1 aromatic carbocycles. The Labute approximate surface area is 118 Å². The molecule has 1 heterocycles. The molecule has 0 aliphatic carbocycles. The van der Waals surface area contributed by atoms with Gasteiger partial charge in [0.05, 0.1) is 5.56 Å². The summed E-state index contributed by atoms with van der Waals surface area (Å²) < 4.78 is 13.9. The summed E-state index contributed by atoms with van der Waals surface area (Å²) in [5.74, 6) is -1.35. The Kier molecular flexibility index (Phi) is 5.09. The van der Waals surface area contributed by atoms with Crippen LogP contribution in [0.3, 0.4) is 0 Å². The number of hydrogen-bond acceptors (Lipinski definition) is 3. The third-order valence-corrected chi connectivity index (χ3v) is 3.90. The predicted octanol–water partition coefficient (Wildman–Crippen LogP) is 2.10. The lowest BCUT2D eigenvalue weighted by molar-refractivity contribution is 0.0696. The zero-order chi connectivity index (χ0) is 14.5. The Balaban J connectivity index is 2.13. The van der Waals surface area contributed by atoms with E-state index in [-0.39, 0.29) is 11.4 Å². The summed E-state index contributed by atoms with van der Waals surface area (Å²) in [4.78, 5) is 13.2. The van der Waals surface area contributed by atoms with Gasteiger partial charge in [-0.3, -0.25) is 4.90 Å². The van der Waals surface area contributed by atoms with E-state index in [2.05, 4.69) is 17.1 Å². The largest absolute Gasteiger partial charge is 0.478 e. The Morgan fingerprint density at radius 2 is 2.15 bits per heavy atom. The SMILES string of the molecule is CCN(Cc1cc(C(=O)O)ccc1F)C1CCNCC1. The fraction of sp³-hybridized carbons (Fsp3) is 0.533. The number of nitrogens with one attached hydrogen (secondary N) is 1. The second kappa shape index (κ2) is 6.81. The molecule has 1 fully saturated rings. The third-order valence-electron chi connectivity index (χ3n) is 3.90. The second-order valence-electron chi connectivity index (χ2n) is 5.16. The maximum absolute atomic E-state index is 13.9. The molecule has 4 nitrogen and oxygen atoms in total. The summed E-state index contributed by atoms with van der Waals surface area (Å²) in [6.45, 7) is 5.33. The first-order valence-electron chi connectivity index (χ1n) is 7.08. The van der Waals surface area contributed by atoms with Gasteiger partial charge in [0.2, 0.25) is 0 Å². The first-order valence-corrected chi connectivity index (χ1v) is 7.08. The van der Waals surface area contributed by atoms with Gasteiger partial charge in [-0.05, 0) is 50.7 Å². The molecule has 0 spiro atoms. The standard InChI is InChI=1S/C15H21FN2O2/c1-2-18(13-5-7-17-8-6-13)10-12-9-11(15(19)20)3-4-14(12)16/h3-4,9,13,17H,2,5-8,10H2,1H3,(H,19,20). The van der Waals surface area contributed by atoms with Gasteiger partial charge in [0.15, 0.2) is 0 Å². The van der Waals surface area contributed by atoms with Crippen molar-refractivity contribution in [2.75, 3.05) is 19.6 Å². The minimum atomic E-state index is -1.02. The lowest BCUT2D eigenvalue weighted by Gasteiger charge is -2.34. The van der Waals surface area contributed by atoms with E-state index in [0.29, 0.717) is 18.2 Å². The van der Waals surface area contributed by atoms with Crippen LogP contribution in [0.15, 0.2) is 18.2 Å². The normalized spacial score (nSPS) is 16.6. The highest BCUT2D eigenvalue weighted by atomic mass is 19.1. The van der Waals surface area contributed by atoms with Gasteiger partial charge >= 0.3 is 5.97 Å². The summed E-state index contributed by atoms with van der Waals surface area (Å²) in [6, 6.07) is 4.44. The van der Waals surface area contributed by atoms with Crippen LogP contribution < -0.4 is 5.32 Å². The molecule has 0 saturated carbocycles. The van der Waals surface area contributed by atoms with E-state index >= 15 is 0 Å². The average molecular weight is 280 g/mol. The maximum Gasteiger partial charge on any atom is 0.335 e. The van der Waals surface area contributed by atoms with Crippen molar-refractivity contribution in [1.29, 1.82) is 0 Å². The number of nitrogens with zero attached hydrogens (tertiary/aromatic N) is 1. The molecule has 1 aliphatic rings. The van der Waals surface area contributed by atoms with E-state index < -0.39 is 5.97 Å². The van der Waals surface area contributed by atoms with Crippen LogP contribution in [0, 0.1) is 5.82 Å². The van der Waals surface area contributed by atoms with E-state index in [1.54, 1.807) is 0 Å². The van der Waals surface area contributed by atoms with E-state index in [9.17, 15) is 9.18 Å². The van der Waals surface area contributed by atoms with Gasteiger partial charge in [-0.2, -0.15) is 0 Å². The fourth-order valence-electron chi connectivity index (χ4n) is 2.72. The average Bonchev–Trinajstić information content (AvgIpc) is 2.47. The number of halogens is 1. The number of rotatable bonds is 5. The number of benzene rings is 1. The molecule has 0 atom stereocenters. The minimum absolute atomic E-state index is 0.141. The Hall–Kier alpha value is -1.46. The molecule has 0 amide bonds. The molecule has 0 aromatic heterocycles. The Morgan fingerprint density at radius 1 is 1.45 bits per heavy atom. The zero-order valence-electron chi connectivity index (χ0n) is 11.7. The minimum Gasteiger partial charge on any atom is -0.478 e. The lowest BCUT2D eigenvalue weighted by atomic mass is 10.0. The Morgan fingerprint density at radius 3 is 2.75 bits per heavy atom. The molecular formula is C15H21FN2O2. The molecule has 1 saturated heterocycles. The molecule has 0 unspecified atom stereocenters. The first kappa shape index (κ1) is 14.9. The molecule has 20 heavy (non-hydrogen) atoms. The van der Waals surface area contributed by atoms with Crippen LogP contribution >= 0.6 is 0 Å². The predicted molar refractivity (Wildman–Crippen MR) is 75.3 cm³/mol. The monoisotopic (exact) mass is 280 g/mol. The zero-order valence-corrected chi connectivity index (χ0v) is 11.7. The number of piperidine rings is 1. The molecule has 2 rings (SSSR count). The van der Waals surface area contributed by atoms with Crippen LogP contribution in [0.2, 0.25) is 0 Å². The van der Waals surface area contributed by atoms with Crippen molar-refractivity contribution in [1.82, 2.24) is 10.2 Å². The number of carboxylic acids is 1. The number of hydrogen-bond donors (Lipinski definition) is 2. The van der Waals surface area contributed by atoms with Crippen LogP contribution in [-0.2, 0) is 6.54 Å². The summed E-state index contributed by atoms with van der Waals surface area (Å²) in [7, 11) is 0. The molecule has 1 aliphatic heterocycles. The highest BCUT2D eigenvalue weighted by Gasteiger charge is 2.21. The second-order valence-corrected chi connectivity index (χ2v) is 5.16. The van der Waals surface area contributed by atoms with Crippen LogP contribution in [0.25, 0.3) is 0 Å². The summed E-state index contributed by atoms with van der Waals surface area (Å²) in [5, 5.41) is 12.3. The number of carbonyl (C=O) groups is 1. The van der Waals surface area contributed by atoms with Crippen molar-refractivity contribution in [2.24, 2.45) is 0 Å². The van der Waals surface area contributed by atoms with Crippen molar-refractivity contribution >= 4 is 5.97 Å². The van der Waals surface area contributed by atoms with Gasteiger partial charge in [0.1, 0.15) is 5.82 Å². The number of aromatic carboxylic acids is 1. The van der Waals surface area contributed by atoms with E-state index in [1.807, 2.05) is 0 Å². The molecule has 1 aromatic rings. The first-order chi connectivity index (χ1) is 9.61. The summed E-state index contributed by atoms with van der Waals surface area (Å²) in [6.07, 6.45) is 2.10. The molecule has 110 valence electrons. The topological polar surface area (TPSA) is 52.6 Å². The van der Waals surface area contributed by atoms with Crippen LogP contribution in [0.5, 0.6) is 0 Å². The van der Waals surface area contributed by atoms with Crippen molar-refractivity contribution in [2.45, 2.75) is 32.4 Å². The molecular weight excluding hydrogens is 259 g/mol. The highest BCUT2D eigenvalue weighted by molar-refractivity contribution is 5.87. The van der Waals surface area contributed by atoms with Gasteiger partial charge in [-0.15, -0.1) is 0 Å². The van der Waals surface area contributed by atoms with E-state index in [4.69, 9.17) is 5.11 Å². The maximum atomic E-state index is 13.9. The quantitative estimate of drug-likeness (QED) is 0.867. The lowest BCUT2D eigenvalue weighted by Crippen LogP contribution is -2.42. The third kappa shape index (κ3) is 3.55. The van der Waals surface area contributed by atoms with Gasteiger partial charge < -0.3 is 10.4 Å². The molecule has 5 heteroatoms. The summed E-state index contributed by atoms with van der Waals surface area (Å²) in [5.41, 5.74) is 0.605. The van der Waals surface area contributed by atoms with Gasteiger partial charge in [0.25, 0.3) is 0 Å². The van der Waals surface area contributed by atoms with Crippen molar-refractivity contribution < 1.29 is 14.3 Å². The highest BCUT2D eigenvalue weighted by Crippen LogP contribution is 2.18. The van der Waals surface area contributed by atoms with E-state index in [1.165, 1.54) is 18.2 Å². The van der Waals surface area contributed by atoms with Gasteiger partial charge in [-0.25, -0.2) is 9.18 Å². The summed E-state index contributed by atoms with van der Waals surface area (Å²) >= 11 is 0. The van der Waals surface area contributed by atoms with Crippen LogP contribution in [-0.4, -0.2) is 41.7 Å². The Bertz CT molecular complexity index is 473.